The number of ether oxygens (including phenoxy) is 2. The fourth-order valence-corrected chi connectivity index (χ4v) is 2.34. The second-order valence-electron chi connectivity index (χ2n) is 6.85. The highest BCUT2D eigenvalue weighted by Crippen LogP contribution is 2.25. The van der Waals surface area contributed by atoms with Gasteiger partial charge in [-0.3, -0.25) is 0 Å². The normalized spacial score (nSPS) is 19.8. The second kappa shape index (κ2) is 11.0. The zero-order chi connectivity index (χ0) is 15.4. The third kappa shape index (κ3) is 9.87. The van der Waals surface area contributed by atoms with Crippen LogP contribution in [0, 0.1) is 5.41 Å². The zero-order valence-corrected chi connectivity index (χ0v) is 14.3. The van der Waals surface area contributed by atoms with Gasteiger partial charge in [0.15, 0.2) is 6.29 Å². The average molecular weight is 294 g/mol. The molecular weight excluding hydrogens is 260 g/mol. The Kier molecular flexibility index (Phi) is 9.69. The standard InChI is InChI=1S/C19H34O2/c1-4-5-6-7-8-9-10-11-12-13-14-15-18-20-16-19(2,3)17-21-18/h6-9,18H,4-5,10-17H2,1-3H3/b7-6-,9-8+. The van der Waals surface area contributed by atoms with Crippen molar-refractivity contribution >= 4 is 0 Å². The van der Waals surface area contributed by atoms with Gasteiger partial charge in [0.1, 0.15) is 0 Å². The molecule has 0 aromatic rings. The molecule has 0 spiro atoms. The van der Waals surface area contributed by atoms with Crippen LogP contribution >= 0.6 is 0 Å². The van der Waals surface area contributed by atoms with E-state index in [1.165, 1.54) is 44.9 Å². The fourth-order valence-electron chi connectivity index (χ4n) is 2.34. The van der Waals surface area contributed by atoms with E-state index in [2.05, 4.69) is 45.1 Å². The molecule has 2 nitrogen and oxygen atoms in total. The lowest BCUT2D eigenvalue weighted by atomic mass is 9.95. The Morgan fingerprint density at radius 3 is 2.19 bits per heavy atom. The molecule has 0 unspecified atom stereocenters. The summed E-state index contributed by atoms with van der Waals surface area (Å²) in [5, 5.41) is 0. The van der Waals surface area contributed by atoms with Gasteiger partial charge in [-0.2, -0.15) is 0 Å². The molecule has 0 bridgehead atoms. The smallest absolute Gasteiger partial charge is 0.157 e. The van der Waals surface area contributed by atoms with Crippen LogP contribution in [-0.4, -0.2) is 19.5 Å². The molecule has 1 rings (SSSR count). The molecular formula is C19H34O2. The van der Waals surface area contributed by atoms with E-state index >= 15 is 0 Å². The largest absolute Gasteiger partial charge is 0.352 e. The lowest BCUT2D eigenvalue weighted by Gasteiger charge is -2.34. The molecule has 1 heterocycles. The van der Waals surface area contributed by atoms with Gasteiger partial charge in [0.05, 0.1) is 13.2 Å². The summed E-state index contributed by atoms with van der Waals surface area (Å²) in [6.45, 7) is 8.24. The van der Waals surface area contributed by atoms with Crippen molar-refractivity contribution in [2.45, 2.75) is 78.4 Å². The first-order valence-electron chi connectivity index (χ1n) is 8.69. The van der Waals surface area contributed by atoms with Gasteiger partial charge in [0, 0.05) is 5.41 Å². The van der Waals surface area contributed by atoms with Gasteiger partial charge < -0.3 is 9.47 Å². The maximum atomic E-state index is 5.74. The maximum absolute atomic E-state index is 5.74. The SMILES string of the molecule is CCC/C=C\C=C\CCCCCCC1OCC(C)(C)CO1. The van der Waals surface area contributed by atoms with Gasteiger partial charge in [0.25, 0.3) is 0 Å². The van der Waals surface area contributed by atoms with Crippen molar-refractivity contribution in [2.75, 3.05) is 13.2 Å². The van der Waals surface area contributed by atoms with Crippen molar-refractivity contribution in [3.8, 4) is 0 Å². The van der Waals surface area contributed by atoms with Crippen LogP contribution in [0.25, 0.3) is 0 Å². The van der Waals surface area contributed by atoms with Crippen LogP contribution in [0.5, 0.6) is 0 Å². The van der Waals surface area contributed by atoms with Gasteiger partial charge in [-0.25, -0.2) is 0 Å². The predicted octanol–water partition coefficient (Wildman–Crippen LogP) is 5.64. The monoisotopic (exact) mass is 294 g/mol. The van der Waals surface area contributed by atoms with Gasteiger partial charge in [-0.05, 0) is 32.1 Å². The molecule has 21 heavy (non-hydrogen) atoms. The van der Waals surface area contributed by atoms with Crippen molar-refractivity contribution in [1.29, 1.82) is 0 Å². The quantitative estimate of drug-likeness (QED) is 0.383. The first-order valence-corrected chi connectivity index (χ1v) is 8.69. The Bertz CT molecular complexity index is 295. The van der Waals surface area contributed by atoms with Crippen molar-refractivity contribution in [2.24, 2.45) is 5.41 Å². The Hall–Kier alpha value is -0.600. The third-order valence-corrected chi connectivity index (χ3v) is 3.72. The average Bonchev–Trinajstić information content (AvgIpc) is 2.46. The van der Waals surface area contributed by atoms with Gasteiger partial charge in [-0.1, -0.05) is 64.3 Å². The highest BCUT2D eigenvalue weighted by Gasteiger charge is 2.27. The molecule has 122 valence electrons. The molecule has 1 aliphatic rings. The van der Waals surface area contributed by atoms with Crippen LogP contribution in [0.3, 0.4) is 0 Å². The molecule has 1 fully saturated rings. The minimum atomic E-state index is 0.0432. The highest BCUT2D eigenvalue weighted by atomic mass is 16.7. The van der Waals surface area contributed by atoms with Crippen LogP contribution in [0.4, 0.5) is 0 Å². The molecule has 0 radical (unpaired) electrons. The number of unbranched alkanes of at least 4 members (excludes halogenated alkanes) is 5. The molecule has 2 heteroatoms. The highest BCUT2D eigenvalue weighted by molar-refractivity contribution is 5.02. The van der Waals surface area contributed by atoms with Crippen molar-refractivity contribution < 1.29 is 9.47 Å². The van der Waals surface area contributed by atoms with Gasteiger partial charge >= 0.3 is 0 Å². The molecule has 0 N–H and O–H groups in total. The van der Waals surface area contributed by atoms with E-state index in [1.807, 2.05) is 0 Å². The summed E-state index contributed by atoms with van der Waals surface area (Å²) in [5.41, 5.74) is 0.189. The summed E-state index contributed by atoms with van der Waals surface area (Å²) in [6.07, 6.45) is 18.7. The van der Waals surface area contributed by atoms with Crippen LogP contribution in [0.2, 0.25) is 0 Å². The fraction of sp³-hybridized carbons (Fsp3) is 0.789. The summed E-state index contributed by atoms with van der Waals surface area (Å²) in [5.74, 6) is 0. The lowest BCUT2D eigenvalue weighted by molar-refractivity contribution is -0.224. The van der Waals surface area contributed by atoms with E-state index < -0.39 is 0 Å². The first-order chi connectivity index (χ1) is 10.1. The third-order valence-electron chi connectivity index (χ3n) is 3.72. The van der Waals surface area contributed by atoms with E-state index in [0.29, 0.717) is 0 Å². The van der Waals surface area contributed by atoms with Gasteiger partial charge in [-0.15, -0.1) is 0 Å². The van der Waals surface area contributed by atoms with Crippen molar-refractivity contribution in [3.05, 3.63) is 24.3 Å². The molecule has 0 amide bonds. The van der Waals surface area contributed by atoms with E-state index in [1.54, 1.807) is 0 Å². The van der Waals surface area contributed by atoms with Gasteiger partial charge in [0.2, 0.25) is 0 Å². The Balaban J connectivity index is 1.89. The summed E-state index contributed by atoms with van der Waals surface area (Å²) in [7, 11) is 0. The molecule has 1 saturated heterocycles. The number of allylic oxidation sites excluding steroid dienone is 4. The van der Waals surface area contributed by atoms with Crippen molar-refractivity contribution in [1.82, 2.24) is 0 Å². The Morgan fingerprint density at radius 1 is 0.905 bits per heavy atom. The second-order valence-corrected chi connectivity index (χ2v) is 6.85. The summed E-state index contributed by atoms with van der Waals surface area (Å²) < 4.78 is 11.5. The Labute approximate surface area is 131 Å². The maximum Gasteiger partial charge on any atom is 0.157 e. The molecule has 0 saturated carbocycles. The summed E-state index contributed by atoms with van der Waals surface area (Å²) in [4.78, 5) is 0. The molecule has 0 aromatic heterocycles. The minimum absolute atomic E-state index is 0.0432. The number of hydrogen-bond donors (Lipinski definition) is 0. The topological polar surface area (TPSA) is 18.5 Å². The molecule has 1 aliphatic heterocycles. The summed E-state index contributed by atoms with van der Waals surface area (Å²) >= 11 is 0. The predicted molar refractivity (Wildman–Crippen MR) is 90.4 cm³/mol. The van der Waals surface area contributed by atoms with Crippen LogP contribution in [-0.2, 0) is 9.47 Å². The van der Waals surface area contributed by atoms with Crippen LogP contribution < -0.4 is 0 Å². The lowest BCUT2D eigenvalue weighted by Crippen LogP contribution is -2.37. The van der Waals surface area contributed by atoms with Crippen LogP contribution in [0.15, 0.2) is 24.3 Å². The zero-order valence-electron chi connectivity index (χ0n) is 14.3. The van der Waals surface area contributed by atoms with E-state index in [9.17, 15) is 0 Å². The summed E-state index contributed by atoms with van der Waals surface area (Å²) in [6, 6.07) is 0. The Morgan fingerprint density at radius 2 is 1.52 bits per heavy atom. The van der Waals surface area contributed by atoms with E-state index in [0.717, 1.165) is 19.6 Å². The first kappa shape index (κ1) is 18.4. The van der Waals surface area contributed by atoms with E-state index in [-0.39, 0.29) is 11.7 Å². The number of hydrogen-bond acceptors (Lipinski definition) is 2. The molecule has 0 atom stereocenters. The molecule has 0 aromatic carbocycles. The molecule has 0 aliphatic carbocycles. The minimum Gasteiger partial charge on any atom is -0.352 e. The number of rotatable bonds is 10. The van der Waals surface area contributed by atoms with Crippen molar-refractivity contribution in [3.63, 3.8) is 0 Å². The van der Waals surface area contributed by atoms with Crippen LogP contribution in [0.1, 0.15) is 72.1 Å². The van der Waals surface area contributed by atoms with E-state index in [4.69, 9.17) is 9.47 Å².